The zero-order valence-electron chi connectivity index (χ0n) is 19.0. The van der Waals surface area contributed by atoms with Crippen LogP contribution in [0.5, 0.6) is 0 Å². The third-order valence-electron chi connectivity index (χ3n) is 5.91. The molecule has 1 amide bonds. The van der Waals surface area contributed by atoms with E-state index in [0.29, 0.717) is 39.3 Å². The molecule has 2 aliphatic heterocycles. The zero-order chi connectivity index (χ0) is 23.2. The van der Waals surface area contributed by atoms with Gasteiger partial charge in [0, 0.05) is 25.3 Å². The van der Waals surface area contributed by atoms with Gasteiger partial charge in [0.15, 0.2) is 0 Å². The Labute approximate surface area is 197 Å². The maximum Gasteiger partial charge on any atom is 0.267 e. The molecule has 9 heteroatoms. The number of anilines is 1. The molecule has 170 valence electrons. The largest absolute Gasteiger partial charge is 0.372 e. The number of pyridine rings is 1. The van der Waals surface area contributed by atoms with Crippen molar-refractivity contribution in [3.05, 3.63) is 44.7 Å². The average Bonchev–Trinajstić information content (AvgIpc) is 3.02. The Bertz CT molecular complexity index is 1170. The first-order chi connectivity index (χ1) is 15.2. The van der Waals surface area contributed by atoms with E-state index in [4.69, 9.17) is 21.9 Å². The maximum absolute atomic E-state index is 13.6. The van der Waals surface area contributed by atoms with E-state index in [-0.39, 0.29) is 29.7 Å². The van der Waals surface area contributed by atoms with Crippen LogP contribution in [0.4, 0.5) is 5.82 Å². The van der Waals surface area contributed by atoms with Crippen LogP contribution in [0.3, 0.4) is 0 Å². The Morgan fingerprint density at radius 3 is 2.66 bits per heavy atom. The van der Waals surface area contributed by atoms with Crippen LogP contribution >= 0.6 is 24.0 Å². The molecule has 0 radical (unpaired) electrons. The first kappa shape index (κ1) is 22.9. The summed E-state index contributed by atoms with van der Waals surface area (Å²) in [6.07, 6.45) is 4.20. The first-order valence-electron chi connectivity index (χ1n) is 10.9. The van der Waals surface area contributed by atoms with E-state index < -0.39 is 0 Å². The second-order valence-corrected chi connectivity index (χ2v) is 10.2. The summed E-state index contributed by atoms with van der Waals surface area (Å²) in [5.74, 6) is 0.429. The molecule has 0 bridgehead atoms. The van der Waals surface area contributed by atoms with Gasteiger partial charge in [-0.1, -0.05) is 37.0 Å². The quantitative estimate of drug-likeness (QED) is 0.497. The summed E-state index contributed by atoms with van der Waals surface area (Å²) in [5.41, 5.74) is 1.73. The topological polar surface area (TPSA) is 67.2 Å². The number of aromatic nitrogens is 2. The van der Waals surface area contributed by atoms with Crippen molar-refractivity contribution >= 4 is 51.7 Å². The standard InChI is InChI=1S/C23H28N4O3S2/c1-6-14(3)27-22(29)18(32-23(27)31)10-17-20(25-11-15(4)30-16(5)12-25)24-19-13(2)8-7-9-26(19)21(17)28/h7-10,14-16H,6,11-12H2,1-5H3/b18-10+/t14-,15-,16+/m1/s1. The molecule has 0 saturated carbocycles. The number of fused-ring (bicyclic) bond motifs is 1. The minimum absolute atomic E-state index is 0.00675. The average molecular weight is 473 g/mol. The minimum Gasteiger partial charge on any atom is -0.372 e. The van der Waals surface area contributed by atoms with Crippen LogP contribution in [0.25, 0.3) is 11.7 Å². The lowest BCUT2D eigenvalue weighted by molar-refractivity contribution is -0.123. The number of nitrogens with zero attached hydrogens (tertiary/aromatic N) is 4. The smallest absolute Gasteiger partial charge is 0.267 e. The molecule has 32 heavy (non-hydrogen) atoms. The van der Waals surface area contributed by atoms with E-state index in [1.54, 1.807) is 21.6 Å². The number of hydrogen-bond acceptors (Lipinski definition) is 7. The predicted octanol–water partition coefficient (Wildman–Crippen LogP) is 3.62. The molecule has 0 unspecified atom stereocenters. The Hall–Kier alpha value is -2.23. The van der Waals surface area contributed by atoms with Crippen molar-refractivity contribution in [3.8, 4) is 0 Å². The fourth-order valence-corrected chi connectivity index (χ4v) is 5.64. The van der Waals surface area contributed by atoms with E-state index in [1.807, 2.05) is 46.8 Å². The molecule has 0 N–H and O–H groups in total. The monoisotopic (exact) mass is 472 g/mol. The highest BCUT2D eigenvalue weighted by Crippen LogP contribution is 2.35. The number of ether oxygens (including phenoxy) is 1. The number of hydrogen-bond donors (Lipinski definition) is 0. The van der Waals surface area contributed by atoms with Gasteiger partial charge in [-0.05, 0) is 51.8 Å². The summed E-state index contributed by atoms with van der Waals surface area (Å²) in [6.45, 7) is 11.2. The number of carbonyl (C=O) groups is 1. The molecule has 4 heterocycles. The molecule has 2 aliphatic rings. The lowest BCUT2D eigenvalue weighted by atomic mass is 10.1. The van der Waals surface area contributed by atoms with Crippen molar-refractivity contribution < 1.29 is 9.53 Å². The fourth-order valence-electron chi connectivity index (χ4n) is 4.19. The van der Waals surface area contributed by atoms with Crippen LogP contribution < -0.4 is 10.5 Å². The van der Waals surface area contributed by atoms with E-state index in [9.17, 15) is 9.59 Å². The molecular weight excluding hydrogens is 444 g/mol. The van der Waals surface area contributed by atoms with E-state index in [0.717, 1.165) is 12.0 Å². The van der Waals surface area contributed by atoms with Crippen molar-refractivity contribution in [2.75, 3.05) is 18.0 Å². The summed E-state index contributed by atoms with van der Waals surface area (Å²) < 4.78 is 7.96. The molecule has 0 spiro atoms. The van der Waals surface area contributed by atoms with Gasteiger partial charge in [0.05, 0.1) is 22.7 Å². The van der Waals surface area contributed by atoms with Gasteiger partial charge in [-0.15, -0.1) is 0 Å². The Kier molecular flexibility index (Phi) is 6.42. The van der Waals surface area contributed by atoms with Gasteiger partial charge in [0.1, 0.15) is 15.8 Å². The lowest BCUT2D eigenvalue weighted by Crippen LogP contribution is -2.46. The van der Waals surface area contributed by atoms with Crippen LogP contribution in [0.15, 0.2) is 28.0 Å². The molecule has 7 nitrogen and oxygen atoms in total. The second-order valence-electron chi connectivity index (χ2n) is 8.51. The lowest BCUT2D eigenvalue weighted by Gasteiger charge is -2.36. The highest BCUT2D eigenvalue weighted by Gasteiger charge is 2.35. The molecule has 0 aromatic carbocycles. The molecular formula is C23H28N4O3S2. The van der Waals surface area contributed by atoms with Crippen LogP contribution in [0.2, 0.25) is 0 Å². The minimum atomic E-state index is -0.200. The number of amides is 1. The third kappa shape index (κ3) is 4.09. The van der Waals surface area contributed by atoms with Crippen LogP contribution in [-0.4, -0.2) is 55.9 Å². The highest BCUT2D eigenvalue weighted by molar-refractivity contribution is 8.26. The van der Waals surface area contributed by atoms with E-state index in [2.05, 4.69) is 4.90 Å². The number of thioether (sulfide) groups is 1. The van der Waals surface area contributed by atoms with Crippen molar-refractivity contribution in [2.24, 2.45) is 0 Å². The number of carbonyl (C=O) groups excluding carboxylic acids is 1. The molecule has 2 aromatic rings. The SMILES string of the molecule is CC[C@@H](C)N1C(=O)/C(=C\c2c(N3C[C@@H](C)O[C@@H](C)C3)nc3c(C)cccn3c2=O)SC1=S. The molecule has 2 fully saturated rings. The van der Waals surface area contributed by atoms with Crippen LogP contribution in [-0.2, 0) is 9.53 Å². The van der Waals surface area contributed by atoms with E-state index in [1.165, 1.54) is 11.8 Å². The summed E-state index contributed by atoms with van der Waals surface area (Å²) in [7, 11) is 0. The predicted molar refractivity (Wildman–Crippen MR) is 133 cm³/mol. The van der Waals surface area contributed by atoms with Gasteiger partial charge < -0.3 is 9.64 Å². The summed E-state index contributed by atoms with van der Waals surface area (Å²) in [6, 6.07) is 3.77. The molecule has 4 rings (SSSR count). The highest BCUT2D eigenvalue weighted by atomic mass is 32.2. The van der Waals surface area contributed by atoms with Crippen molar-refractivity contribution in [3.63, 3.8) is 0 Å². The number of aryl methyl sites for hydroxylation is 1. The maximum atomic E-state index is 13.6. The number of morpholine rings is 1. The Morgan fingerprint density at radius 1 is 1.31 bits per heavy atom. The van der Waals surface area contributed by atoms with Crippen molar-refractivity contribution in [1.82, 2.24) is 14.3 Å². The molecule has 3 atom stereocenters. The molecule has 2 saturated heterocycles. The van der Waals surface area contributed by atoms with E-state index >= 15 is 0 Å². The second kappa shape index (κ2) is 8.96. The van der Waals surface area contributed by atoms with Gasteiger partial charge in [-0.2, -0.15) is 0 Å². The Balaban J connectivity index is 1.89. The third-order valence-corrected chi connectivity index (χ3v) is 7.24. The zero-order valence-corrected chi connectivity index (χ0v) is 20.6. The summed E-state index contributed by atoms with van der Waals surface area (Å²) in [5, 5.41) is 0. The Morgan fingerprint density at radius 2 is 2.00 bits per heavy atom. The first-order valence-corrected chi connectivity index (χ1v) is 12.1. The van der Waals surface area contributed by atoms with Crippen molar-refractivity contribution in [2.45, 2.75) is 59.3 Å². The van der Waals surface area contributed by atoms with Gasteiger partial charge in [0.25, 0.3) is 11.5 Å². The normalized spacial score (nSPS) is 24.1. The molecule has 0 aliphatic carbocycles. The van der Waals surface area contributed by atoms with Gasteiger partial charge in [0.2, 0.25) is 0 Å². The fraction of sp³-hybridized carbons (Fsp3) is 0.478. The van der Waals surface area contributed by atoms with Gasteiger partial charge >= 0.3 is 0 Å². The number of thiocarbonyl (C=S) groups is 1. The van der Waals surface area contributed by atoms with Crippen LogP contribution in [0.1, 0.15) is 45.2 Å². The van der Waals surface area contributed by atoms with Gasteiger partial charge in [-0.25, -0.2) is 4.98 Å². The summed E-state index contributed by atoms with van der Waals surface area (Å²) >= 11 is 6.71. The summed E-state index contributed by atoms with van der Waals surface area (Å²) in [4.78, 5) is 35.8. The number of rotatable bonds is 4. The molecule has 2 aromatic heterocycles. The van der Waals surface area contributed by atoms with Crippen molar-refractivity contribution in [1.29, 1.82) is 0 Å². The van der Waals surface area contributed by atoms with Crippen LogP contribution in [0, 0.1) is 6.92 Å². The van der Waals surface area contributed by atoms with Gasteiger partial charge in [-0.3, -0.25) is 18.9 Å².